The maximum absolute atomic E-state index is 10.5. The van der Waals surface area contributed by atoms with Gasteiger partial charge in [0.15, 0.2) is 0 Å². The van der Waals surface area contributed by atoms with E-state index in [2.05, 4.69) is 5.32 Å². The Bertz CT molecular complexity index is 391. The largest absolute Gasteiger partial charge is 0.328 e. The molecule has 0 spiro atoms. The number of benzene rings is 1. The van der Waals surface area contributed by atoms with E-state index in [1.165, 1.54) is 12.1 Å². The second-order valence-electron chi connectivity index (χ2n) is 4.57. The minimum atomic E-state index is -0.382. The van der Waals surface area contributed by atoms with Crippen LogP contribution in [0.5, 0.6) is 0 Å². The number of nitrogens with zero attached hydrogens (tertiary/aromatic N) is 1. The lowest BCUT2D eigenvalue weighted by Gasteiger charge is -2.11. The van der Waals surface area contributed by atoms with E-state index in [1.807, 2.05) is 0 Å². The van der Waals surface area contributed by atoms with Crippen LogP contribution >= 0.6 is 0 Å². The van der Waals surface area contributed by atoms with Crippen LogP contribution < -0.4 is 11.1 Å². The molecule has 0 saturated heterocycles. The zero-order valence-corrected chi connectivity index (χ0v) is 9.63. The molecule has 2 rings (SSSR count). The third-order valence-electron chi connectivity index (χ3n) is 3.22. The van der Waals surface area contributed by atoms with Gasteiger partial charge in [0.1, 0.15) is 0 Å². The fourth-order valence-electron chi connectivity index (χ4n) is 2.20. The molecule has 5 heteroatoms. The first-order valence-electron chi connectivity index (χ1n) is 5.87. The normalized spacial score (nSPS) is 23.8. The van der Waals surface area contributed by atoms with E-state index < -0.39 is 0 Å². The van der Waals surface area contributed by atoms with Crippen LogP contribution in [0, 0.1) is 10.1 Å². The van der Waals surface area contributed by atoms with Crippen molar-refractivity contribution in [1.29, 1.82) is 0 Å². The molecule has 2 unspecified atom stereocenters. The summed E-state index contributed by atoms with van der Waals surface area (Å²) in [4.78, 5) is 10.1. The molecule has 3 N–H and O–H groups in total. The minimum Gasteiger partial charge on any atom is -0.328 e. The summed E-state index contributed by atoms with van der Waals surface area (Å²) in [5.41, 5.74) is 7.03. The molecule has 0 aliphatic heterocycles. The highest BCUT2D eigenvalue weighted by molar-refractivity contribution is 5.32. The first-order valence-corrected chi connectivity index (χ1v) is 5.87. The molecule has 1 saturated carbocycles. The van der Waals surface area contributed by atoms with Crippen LogP contribution in [-0.4, -0.2) is 17.0 Å². The van der Waals surface area contributed by atoms with Crippen molar-refractivity contribution in [1.82, 2.24) is 5.32 Å². The molecular formula is C12H17N3O2. The molecule has 92 valence electrons. The average molecular weight is 235 g/mol. The summed E-state index contributed by atoms with van der Waals surface area (Å²) in [6.45, 7) is 0.745. The quantitative estimate of drug-likeness (QED) is 0.613. The van der Waals surface area contributed by atoms with Gasteiger partial charge in [-0.25, -0.2) is 0 Å². The molecule has 0 amide bonds. The van der Waals surface area contributed by atoms with Crippen molar-refractivity contribution in [2.24, 2.45) is 5.73 Å². The number of nitro groups is 1. The molecule has 17 heavy (non-hydrogen) atoms. The van der Waals surface area contributed by atoms with Crippen LogP contribution in [0.2, 0.25) is 0 Å². The number of hydrogen-bond acceptors (Lipinski definition) is 4. The van der Waals surface area contributed by atoms with E-state index in [4.69, 9.17) is 5.73 Å². The van der Waals surface area contributed by atoms with Crippen LogP contribution in [0.15, 0.2) is 24.3 Å². The van der Waals surface area contributed by atoms with Crippen LogP contribution in [0.25, 0.3) is 0 Å². The van der Waals surface area contributed by atoms with Crippen molar-refractivity contribution in [2.75, 3.05) is 0 Å². The number of nitro benzene ring substituents is 1. The van der Waals surface area contributed by atoms with Crippen molar-refractivity contribution in [3.63, 3.8) is 0 Å². The van der Waals surface area contributed by atoms with Crippen molar-refractivity contribution in [3.8, 4) is 0 Å². The Morgan fingerprint density at radius 3 is 2.59 bits per heavy atom. The number of non-ortho nitro benzene ring substituents is 1. The first kappa shape index (κ1) is 12.0. The predicted octanol–water partition coefficient (Wildman–Crippen LogP) is 1.56. The Kier molecular flexibility index (Phi) is 3.71. The summed E-state index contributed by atoms with van der Waals surface area (Å²) in [5, 5.41) is 13.9. The monoisotopic (exact) mass is 235 g/mol. The molecule has 0 aromatic heterocycles. The number of hydrogen-bond donors (Lipinski definition) is 2. The Labute approximate surface area is 100 Å². The maximum atomic E-state index is 10.5. The van der Waals surface area contributed by atoms with Gasteiger partial charge in [-0.05, 0) is 24.8 Å². The highest BCUT2D eigenvalue weighted by atomic mass is 16.6. The van der Waals surface area contributed by atoms with Crippen molar-refractivity contribution in [2.45, 2.75) is 37.9 Å². The van der Waals surface area contributed by atoms with Gasteiger partial charge in [0.05, 0.1) is 4.92 Å². The van der Waals surface area contributed by atoms with E-state index in [0.717, 1.165) is 31.4 Å². The Hall–Kier alpha value is -1.46. The van der Waals surface area contributed by atoms with E-state index in [-0.39, 0.29) is 10.6 Å². The van der Waals surface area contributed by atoms with Gasteiger partial charge >= 0.3 is 0 Å². The van der Waals surface area contributed by atoms with Crippen LogP contribution in [0.3, 0.4) is 0 Å². The SMILES string of the molecule is NC1CCC(NCc2ccc([N+](=O)[O-])cc2)C1. The van der Waals surface area contributed by atoms with E-state index in [0.29, 0.717) is 12.1 Å². The minimum absolute atomic E-state index is 0.136. The first-order chi connectivity index (χ1) is 8.15. The molecule has 1 aromatic rings. The molecule has 1 aliphatic rings. The summed E-state index contributed by atoms with van der Waals surface area (Å²) >= 11 is 0. The number of nitrogens with two attached hydrogens (primary N) is 1. The number of nitrogens with one attached hydrogen (secondary N) is 1. The standard InChI is InChI=1S/C12H17N3O2/c13-10-3-4-11(7-10)14-8-9-1-5-12(6-2-9)15(16)17/h1-2,5-6,10-11,14H,3-4,7-8,13H2. The summed E-state index contributed by atoms with van der Waals surface area (Å²) in [6.07, 6.45) is 3.22. The lowest BCUT2D eigenvalue weighted by atomic mass is 10.2. The zero-order chi connectivity index (χ0) is 12.3. The summed E-state index contributed by atoms with van der Waals surface area (Å²) in [7, 11) is 0. The van der Waals surface area contributed by atoms with Gasteiger partial charge in [-0.3, -0.25) is 10.1 Å². The molecule has 0 bridgehead atoms. The van der Waals surface area contributed by atoms with Gasteiger partial charge in [0.2, 0.25) is 0 Å². The van der Waals surface area contributed by atoms with Gasteiger partial charge in [0, 0.05) is 30.8 Å². The van der Waals surface area contributed by atoms with Crippen molar-refractivity contribution in [3.05, 3.63) is 39.9 Å². The Balaban J connectivity index is 1.85. The Morgan fingerprint density at radius 2 is 2.06 bits per heavy atom. The predicted molar refractivity (Wildman–Crippen MR) is 65.6 cm³/mol. The van der Waals surface area contributed by atoms with Gasteiger partial charge in [-0.2, -0.15) is 0 Å². The summed E-state index contributed by atoms with van der Waals surface area (Å²) in [6, 6.07) is 7.47. The summed E-state index contributed by atoms with van der Waals surface area (Å²) < 4.78 is 0. The molecule has 0 radical (unpaired) electrons. The molecule has 0 heterocycles. The molecule has 2 atom stereocenters. The maximum Gasteiger partial charge on any atom is 0.269 e. The highest BCUT2D eigenvalue weighted by Gasteiger charge is 2.20. The number of rotatable bonds is 4. The highest BCUT2D eigenvalue weighted by Crippen LogP contribution is 2.18. The zero-order valence-electron chi connectivity index (χ0n) is 9.63. The van der Waals surface area contributed by atoms with Gasteiger partial charge in [0.25, 0.3) is 5.69 Å². The second kappa shape index (κ2) is 5.25. The molecule has 1 aromatic carbocycles. The molecular weight excluding hydrogens is 218 g/mol. The fourth-order valence-corrected chi connectivity index (χ4v) is 2.20. The smallest absolute Gasteiger partial charge is 0.269 e. The van der Waals surface area contributed by atoms with Crippen LogP contribution in [0.1, 0.15) is 24.8 Å². The van der Waals surface area contributed by atoms with E-state index >= 15 is 0 Å². The third-order valence-corrected chi connectivity index (χ3v) is 3.22. The summed E-state index contributed by atoms with van der Waals surface area (Å²) in [5.74, 6) is 0. The van der Waals surface area contributed by atoms with Crippen molar-refractivity contribution >= 4 is 5.69 Å². The topological polar surface area (TPSA) is 81.2 Å². The Morgan fingerprint density at radius 1 is 1.35 bits per heavy atom. The lowest BCUT2D eigenvalue weighted by molar-refractivity contribution is -0.384. The van der Waals surface area contributed by atoms with E-state index in [9.17, 15) is 10.1 Å². The second-order valence-corrected chi connectivity index (χ2v) is 4.57. The molecule has 1 aliphatic carbocycles. The van der Waals surface area contributed by atoms with E-state index in [1.54, 1.807) is 12.1 Å². The molecule has 1 fully saturated rings. The van der Waals surface area contributed by atoms with Gasteiger partial charge in [-0.15, -0.1) is 0 Å². The lowest BCUT2D eigenvalue weighted by Crippen LogP contribution is -2.27. The fraction of sp³-hybridized carbons (Fsp3) is 0.500. The van der Waals surface area contributed by atoms with Crippen molar-refractivity contribution < 1.29 is 4.92 Å². The van der Waals surface area contributed by atoms with Crippen LogP contribution in [0.4, 0.5) is 5.69 Å². The van der Waals surface area contributed by atoms with Crippen LogP contribution in [-0.2, 0) is 6.54 Å². The van der Waals surface area contributed by atoms with Gasteiger partial charge in [-0.1, -0.05) is 12.1 Å². The molecule has 5 nitrogen and oxygen atoms in total. The average Bonchev–Trinajstić information content (AvgIpc) is 2.73. The third kappa shape index (κ3) is 3.25. The van der Waals surface area contributed by atoms with Gasteiger partial charge < -0.3 is 11.1 Å².